The first-order chi connectivity index (χ1) is 15.6. The summed E-state index contributed by atoms with van der Waals surface area (Å²) in [5.41, 5.74) is 2.90. The number of rotatable bonds is 10. The number of hydrogen-bond donors (Lipinski definition) is 1. The highest BCUT2D eigenvalue weighted by Crippen LogP contribution is 2.32. The van der Waals surface area contributed by atoms with Crippen LogP contribution in [0.1, 0.15) is 37.4 Å². The van der Waals surface area contributed by atoms with Crippen molar-refractivity contribution in [2.75, 3.05) is 19.7 Å². The molecule has 1 fully saturated rings. The molecule has 2 aromatic carbocycles. The summed E-state index contributed by atoms with van der Waals surface area (Å²) in [6.07, 6.45) is 2.72. The quantitative estimate of drug-likeness (QED) is 0.499. The molecule has 32 heavy (non-hydrogen) atoms. The molecule has 0 bridgehead atoms. The molecule has 4 rings (SSSR count). The molecule has 1 saturated heterocycles. The average Bonchev–Trinajstić information content (AvgIpc) is 3.44. The van der Waals surface area contributed by atoms with Crippen molar-refractivity contribution in [3.63, 3.8) is 0 Å². The Morgan fingerprint density at radius 2 is 1.88 bits per heavy atom. The first-order valence-electron chi connectivity index (χ1n) is 11.5. The van der Waals surface area contributed by atoms with Gasteiger partial charge in [0.2, 0.25) is 5.88 Å². The number of aliphatic hydroxyl groups is 1. The third-order valence-electron chi connectivity index (χ3n) is 5.90. The summed E-state index contributed by atoms with van der Waals surface area (Å²) in [5, 5.41) is 15.2. The standard InChI is InChI=1S/C26H33N3O3/c1-3-22(30)17-28(18-24-15-10-16-31-24)19-25-20(2)27-29(21-11-6-4-7-12-21)26(25)32-23-13-8-5-9-14-23/h4-9,11-14,22,24,30H,3,10,15-19H2,1-2H3/t22-,24-/m1/s1. The smallest absolute Gasteiger partial charge is 0.227 e. The van der Waals surface area contributed by atoms with Crippen LogP contribution in [0.2, 0.25) is 0 Å². The molecule has 6 heteroatoms. The maximum atomic E-state index is 10.4. The fourth-order valence-corrected chi connectivity index (χ4v) is 4.10. The normalized spacial score (nSPS) is 17.1. The molecule has 1 N–H and O–H groups in total. The molecule has 6 nitrogen and oxygen atoms in total. The molecule has 0 amide bonds. The number of para-hydroxylation sites is 2. The Hall–Kier alpha value is -2.67. The molecule has 0 unspecified atom stereocenters. The molecule has 1 aliphatic heterocycles. The minimum atomic E-state index is -0.376. The van der Waals surface area contributed by atoms with Gasteiger partial charge in [-0.05, 0) is 50.5 Å². The van der Waals surface area contributed by atoms with Crippen LogP contribution in [-0.2, 0) is 11.3 Å². The van der Waals surface area contributed by atoms with Gasteiger partial charge in [0.1, 0.15) is 5.75 Å². The summed E-state index contributed by atoms with van der Waals surface area (Å²) in [7, 11) is 0. The Kier molecular flexibility index (Phi) is 7.58. The van der Waals surface area contributed by atoms with Crippen molar-refractivity contribution in [3.8, 4) is 17.3 Å². The zero-order chi connectivity index (χ0) is 22.3. The summed E-state index contributed by atoms with van der Waals surface area (Å²) >= 11 is 0. The number of aryl methyl sites for hydroxylation is 1. The second-order valence-electron chi connectivity index (χ2n) is 8.42. The van der Waals surface area contributed by atoms with Crippen molar-refractivity contribution in [2.45, 2.75) is 51.9 Å². The van der Waals surface area contributed by atoms with E-state index in [0.29, 0.717) is 19.0 Å². The summed E-state index contributed by atoms with van der Waals surface area (Å²) in [6, 6.07) is 19.9. The minimum Gasteiger partial charge on any atom is -0.439 e. The molecule has 2 heterocycles. The van der Waals surface area contributed by atoms with Crippen molar-refractivity contribution in [2.24, 2.45) is 0 Å². The summed E-state index contributed by atoms with van der Waals surface area (Å²) in [4.78, 5) is 2.28. The molecular weight excluding hydrogens is 402 g/mol. The van der Waals surface area contributed by atoms with E-state index >= 15 is 0 Å². The number of ether oxygens (including phenoxy) is 2. The second kappa shape index (κ2) is 10.8. The lowest BCUT2D eigenvalue weighted by Gasteiger charge is -2.27. The number of benzene rings is 2. The molecule has 0 spiro atoms. The molecule has 1 aliphatic rings. The maximum Gasteiger partial charge on any atom is 0.227 e. The van der Waals surface area contributed by atoms with Crippen molar-refractivity contribution in [1.82, 2.24) is 14.7 Å². The average molecular weight is 436 g/mol. The van der Waals surface area contributed by atoms with Crippen LogP contribution in [0.3, 0.4) is 0 Å². The van der Waals surface area contributed by atoms with Gasteiger partial charge in [0.05, 0.1) is 29.2 Å². The van der Waals surface area contributed by atoms with E-state index in [-0.39, 0.29) is 12.2 Å². The molecule has 0 saturated carbocycles. The summed E-state index contributed by atoms with van der Waals surface area (Å²) < 4.78 is 14.2. The minimum absolute atomic E-state index is 0.210. The van der Waals surface area contributed by atoms with E-state index in [2.05, 4.69) is 4.90 Å². The van der Waals surface area contributed by atoms with E-state index in [1.165, 1.54) is 0 Å². The number of aromatic nitrogens is 2. The molecular formula is C26H33N3O3. The highest BCUT2D eigenvalue weighted by atomic mass is 16.5. The van der Waals surface area contributed by atoms with E-state index in [0.717, 1.165) is 55.1 Å². The number of aliphatic hydroxyl groups excluding tert-OH is 1. The van der Waals surface area contributed by atoms with E-state index in [1.54, 1.807) is 0 Å². The molecule has 3 aromatic rings. The summed E-state index contributed by atoms with van der Waals surface area (Å²) in [5.74, 6) is 1.48. The van der Waals surface area contributed by atoms with Crippen molar-refractivity contribution < 1.29 is 14.6 Å². The van der Waals surface area contributed by atoms with Crippen molar-refractivity contribution in [1.29, 1.82) is 0 Å². The van der Waals surface area contributed by atoms with Crippen LogP contribution in [0, 0.1) is 6.92 Å². The highest BCUT2D eigenvalue weighted by molar-refractivity contribution is 5.43. The Labute approximate surface area is 190 Å². The van der Waals surface area contributed by atoms with Crippen molar-refractivity contribution in [3.05, 3.63) is 71.9 Å². The molecule has 0 aliphatic carbocycles. The van der Waals surface area contributed by atoms with E-state index in [4.69, 9.17) is 14.6 Å². The third kappa shape index (κ3) is 5.57. The Morgan fingerprint density at radius 1 is 1.16 bits per heavy atom. The monoisotopic (exact) mass is 435 g/mol. The summed E-state index contributed by atoms with van der Waals surface area (Å²) in [6.45, 7) is 6.87. The molecule has 1 aromatic heterocycles. The van der Waals surface area contributed by atoms with Gasteiger partial charge in [-0.1, -0.05) is 43.3 Å². The third-order valence-corrected chi connectivity index (χ3v) is 5.90. The predicted octanol–water partition coefficient (Wildman–Crippen LogP) is 4.72. The van der Waals surface area contributed by atoms with Crippen LogP contribution in [-0.4, -0.2) is 51.7 Å². The van der Waals surface area contributed by atoms with Crippen LogP contribution >= 0.6 is 0 Å². The SMILES string of the molecule is CC[C@@H](O)CN(Cc1c(C)nn(-c2ccccc2)c1Oc1ccccc1)C[C@H]1CCCO1. The lowest BCUT2D eigenvalue weighted by Crippen LogP contribution is -2.37. The Bertz CT molecular complexity index is 969. The number of nitrogens with zero attached hydrogens (tertiary/aromatic N) is 3. The van der Waals surface area contributed by atoms with Crippen LogP contribution in [0.4, 0.5) is 0 Å². The van der Waals surface area contributed by atoms with Crippen LogP contribution in [0.25, 0.3) is 5.69 Å². The fourth-order valence-electron chi connectivity index (χ4n) is 4.10. The Morgan fingerprint density at radius 3 is 2.53 bits per heavy atom. The Balaban J connectivity index is 1.68. The van der Waals surface area contributed by atoms with Gasteiger partial charge in [-0.2, -0.15) is 5.10 Å². The van der Waals surface area contributed by atoms with Gasteiger partial charge in [0.15, 0.2) is 0 Å². The molecule has 170 valence electrons. The topological polar surface area (TPSA) is 59.8 Å². The van der Waals surface area contributed by atoms with E-state index in [9.17, 15) is 5.11 Å². The lowest BCUT2D eigenvalue weighted by atomic mass is 10.1. The fraction of sp³-hybridized carbons (Fsp3) is 0.423. The zero-order valence-electron chi connectivity index (χ0n) is 19.0. The lowest BCUT2D eigenvalue weighted by molar-refractivity contribution is 0.0451. The van der Waals surface area contributed by atoms with Gasteiger partial charge in [-0.25, -0.2) is 4.68 Å². The molecule has 2 atom stereocenters. The van der Waals surface area contributed by atoms with Gasteiger partial charge in [0.25, 0.3) is 0 Å². The number of hydrogen-bond acceptors (Lipinski definition) is 5. The molecule has 0 radical (unpaired) electrons. The van der Waals surface area contributed by atoms with E-state index in [1.807, 2.05) is 79.2 Å². The zero-order valence-corrected chi connectivity index (χ0v) is 19.0. The first kappa shape index (κ1) is 22.5. The highest BCUT2D eigenvalue weighted by Gasteiger charge is 2.25. The first-order valence-corrected chi connectivity index (χ1v) is 11.5. The van der Waals surface area contributed by atoms with Gasteiger partial charge in [-0.15, -0.1) is 0 Å². The van der Waals surface area contributed by atoms with Gasteiger partial charge in [-0.3, -0.25) is 4.90 Å². The van der Waals surface area contributed by atoms with Crippen LogP contribution in [0.15, 0.2) is 60.7 Å². The second-order valence-corrected chi connectivity index (χ2v) is 8.42. The van der Waals surface area contributed by atoms with Crippen molar-refractivity contribution >= 4 is 0 Å². The van der Waals surface area contributed by atoms with Crippen LogP contribution in [0.5, 0.6) is 11.6 Å². The van der Waals surface area contributed by atoms with E-state index < -0.39 is 0 Å². The van der Waals surface area contributed by atoms with Crippen LogP contribution < -0.4 is 4.74 Å². The van der Waals surface area contributed by atoms with Gasteiger partial charge >= 0.3 is 0 Å². The predicted molar refractivity (Wildman–Crippen MR) is 125 cm³/mol. The van der Waals surface area contributed by atoms with Gasteiger partial charge in [0, 0.05) is 26.2 Å². The maximum absolute atomic E-state index is 10.4. The largest absolute Gasteiger partial charge is 0.439 e. The van der Waals surface area contributed by atoms with Gasteiger partial charge < -0.3 is 14.6 Å².